The van der Waals surface area contributed by atoms with Gasteiger partial charge in [0.05, 0.1) is 11.5 Å². The van der Waals surface area contributed by atoms with Crippen molar-refractivity contribution in [3.63, 3.8) is 0 Å². The van der Waals surface area contributed by atoms with Gasteiger partial charge in [0.25, 0.3) is 0 Å². The highest BCUT2D eigenvalue weighted by molar-refractivity contribution is 5.42. The lowest BCUT2D eigenvalue weighted by atomic mass is 9.99. The highest BCUT2D eigenvalue weighted by atomic mass is 16.5. The van der Waals surface area contributed by atoms with Gasteiger partial charge in [-0.3, -0.25) is 0 Å². The van der Waals surface area contributed by atoms with E-state index in [0.29, 0.717) is 12.5 Å². The number of nitrogens with one attached hydrogen (secondary N) is 1. The summed E-state index contributed by atoms with van der Waals surface area (Å²) in [6, 6.07) is 8.04. The van der Waals surface area contributed by atoms with E-state index in [4.69, 9.17) is 9.26 Å². The van der Waals surface area contributed by atoms with Crippen molar-refractivity contribution in [1.29, 1.82) is 0 Å². The number of para-hydroxylation sites is 1. The van der Waals surface area contributed by atoms with E-state index in [-0.39, 0.29) is 11.5 Å². The summed E-state index contributed by atoms with van der Waals surface area (Å²) in [6.45, 7) is 3.71. The molecule has 4 rings (SSSR count). The molecular weight excluding hydrogens is 254 g/mol. The van der Waals surface area contributed by atoms with Gasteiger partial charge < -0.3 is 14.6 Å². The fraction of sp³-hybridized carbons (Fsp3) is 0.467. The van der Waals surface area contributed by atoms with Crippen LogP contribution in [-0.2, 0) is 5.54 Å². The molecule has 1 aromatic carbocycles. The summed E-state index contributed by atoms with van der Waals surface area (Å²) in [5.74, 6) is 2.41. The zero-order chi connectivity index (χ0) is 13.6. The van der Waals surface area contributed by atoms with Gasteiger partial charge in [-0.05, 0) is 32.4 Å². The molecule has 0 saturated carbocycles. The third-order valence-electron chi connectivity index (χ3n) is 4.29. The van der Waals surface area contributed by atoms with Gasteiger partial charge in [0.2, 0.25) is 5.89 Å². The zero-order valence-corrected chi connectivity index (χ0v) is 11.4. The van der Waals surface area contributed by atoms with E-state index < -0.39 is 0 Å². The van der Waals surface area contributed by atoms with E-state index >= 15 is 0 Å². The summed E-state index contributed by atoms with van der Waals surface area (Å²) in [6.07, 6.45) is 2.18. The number of hydrogen-bond donors (Lipinski definition) is 1. The Morgan fingerprint density at radius 1 is 1.35 bits per heavy atom. The van der Waals surface area contributed by atoms with Crippen LogP contribution in [0.5, 0.6) is 5.75 Å². The maximum atomic E-state index is 5.69. The van der Waals surface area contributed by atoms with Gasteiger partial charge in [0.15, 0.2) is 5.82 Å². The molecule has 1 aromatic heterocycles. The lowest BCUT2D eigenvalue weighted by molar-refractivity contribution is 0.273. The highest BCUT2D eigenvalue weighted by Crippen LogP contribution is 2.37. The molecule has 0 radical (unpaired) electrons. The van der Waals surface area contributed by atoms with Gasteiger partial charge in [-0.1, -0.05) is 23.4 Å². The van der Waals surface area contributed by atoms with Crippen molar-refractivity contribution in [3.8, 4) is 5.75 Å². The van der Waals surface area contributed by atoms with E-state index in [1.807, 2.05) is 18.2 Å². The Labute approximate surface area is 117 Å². The largest absolute Gasteiger partial charge is 0.492 e. The lowest BCUT2D eigenvalue weighted by Crippen LogP contribution is -2.33. The molecule has 5 nitrogen and oxygen atoms in total. The van der Waals surface area contributed by atoms with Crippen molar-refractivity contribution in [2.45, 2.75) is 31.2 Å². The van der Waals surface area contributed by atoms with Crippen molar-refractivity contribution in [3.05, 3.63) is 41.5 Å². The average Bonchev–Trinajstić information content (AvgIpc) is 3.16. The molecule has 5 heteroatoms. The van der Waals surface area contributed by atoms with Crippen molar-refractivity contribution in [2.75, 3.05) is 13.2 Å². The first kappa shape index (κ1) is 11.9. The maximum Gasteiger partial charge on any atom is 0.246 e. The second-order valence-corrected chi connectivity index (χ2v) is 5.72. The van der Waals surface area contributed by atoms with Crippen LogP contribution in [0.3, 0.4) is 0 Å². The molecule has 20 heavy (non-hydrogen) atoms. The zero-order valence-electron chi connectivity index (χ0n) is 11.4. The first-order chi connectivity index (χ1) is 9.76. The predicted octanol–water partition coefficient (Wildman–Crippen LogP) is 2.19. The number of hydrogen-bond acceptors (Lipinski definition) is 5. The summed E-state index contributed by atoms with van der Waals surface area (Å²) in [4.78, 5) is 4.62. The molecule has 0 aliphatic carbocycles. The van der Waals surface area contributed by atoms with Crippen LogP contribution in [0, 0.1) is 0 Å². The van der Waals surface area contributed by atoms with Gasteiger partial charge >= 0.3 is 0 Å². The highest BCUT2D eigenvalue weighted by Gasteiger charge is 2.37. The first-order valence-corrected chi connectivity index (χ1v) is 7.07. The molecule has 1 fully saturated rings. The quantitative estimate of drug-likeness (QED) is 0.907. The van der Waals surface area contributed by atoms with Gasteiger partial charge in [-0.25, -0.2) is 0 Å². The predicted molar refractivity (Wildman–Crippen MR) is 72.7 cm³/mol. The van der Waals surface area contributed by atoms with Crippen molar-refractivity contribution < 1.29 is 9.26 Å². The van der Waals surface area contributed by atoms with Gasteiger partial charge in [0.1, 0.15) is 12.4 Å². The lowest BCUT2D eigenvalue weighted by Gasteiger charge is -2.18. The minimum atomic E-state index is -0.176. The van der Waals surface area contributed by atoms with Crippen LogP contribution >= 0.6 is 0 Å². The molecule has 2 atom stereocenters. The summed E-state index contributed by atoms with van der Waals surface area (Å²) >= 11 is 0. The molecule has 2 aromatic rings. The number of benzene rings is 1. The standard InChI is InChI=1S/C15H17N3O2/c1-15(7-4-8-16-15)14-17-13(18-20-14)11-9-19-12-6-3-2-5-10(11)12/h2-3,5-6,11,16H,4,7-9H2,1H3. The summed E-state index contributed by atoms with van der Waals surface area (Å²) in [7, 11) is 0. The number of aromatic nitrogens is 2. The Kier molecular flexibility index (Phi) is 2.57. The molecular formula is C15H17N3O2. The minimum absolute atomic E-state index is 0.0775. The van der Waals surface area contributed by atoms with Crippen molar-refractivity contribution in [2.24, 2.45) is 0 Å². The monoisotopic (exact) mass is 271 g/mol. The Morgan fingerprint density at radius 3 is 3.10 bits per heavy atom. The number of fused-ring (bicyclic) bond motifs is 1. The second kappa shape index (κ2) is 4.31. The van der Waals surface area contributed by atoms with Crippen LogP contribution in [0.4, 0.5) is 0 Å². The fourth-order valence-electron chi connectivity index (χ4n) is 3.05. The smallest absolute Gasteiger partial charge is 0.246 e. The maximum absolute atomic E-state index is 5.69. The van der Waals surface area contributed by atoms with Crippen LogP contribution in [0.1, 0.15) is 43.0 Å². The fourth-order valence-corrected chi connectivity index (χ4v) is 3.05. The van der Waals surface area contributed by atoms with E-state index in [2.05, 4.69) is 28.4 Å². The Hall–Kier alpha value is -1.88. The number of ether oxygens (including phenoxy) is 1. The van der Waals surface area contributed by atoms with Crippen LogP contribution in [0.2, 0.25) is 0 Å². The van der Waals surface area contributed by atoms with Gasteiger partial charge in [-0.15, -0.1) is 0 Å². The molecule has 2 aliphatic rings. The molecule has 2 aliphatic heterocycles. The molecule has 104 valence electrons. The number of rotatable bonds is 2. The van der Waals surface area contributed by atoms with E-state index in [0.717, 1.165) is 36.5 Å². The van der Waals surface area contributed by atoms with E-state index in [1.165, 1.54) is 0 Å². The minimum Gasteiger partial charge on any atom is -0.492 e. The first-order valence-electron chi connectivity index (χ1n) is 7.07. The van der Waals surface area contributed by atoms with Gasteiger partial charge in [-0.2, -0.15) is 4.98 Å². The van der Waals surface area contributed by atoms with Crippen LogP contribution in [0.25, 0.3) is 0 Å². The van der Waals surface area contributed by atoms with Crippen LogP contribution < -0.4 is 10.1 Å². The molecule has 1 saturated heterocycles. The van der Waals surface area contributed by atoms with Crippen LogP contribution in [0.15, 0.2) is 28.8 Å². The number of nitrogens with zero attached hydrogens (tertiary/aromatic N) is 2. The third kappa shape index (κ3) is 1.73. The summed E-state index contributed by atoms with van der Waals surface area (Å²) in [5.41, 5.74) is 0.967. The topological polar surface area (TPSA) is 60.2 Å². The van der Waals surface area contributed by atoms with E-state index in [9.17, 15) is 0 Å². The average molecular weight is 271 g/mol. The SMILES string of the molecule is CC1(c2nc(C3COc4ccccc43)no2)CCCN1. The molecule has 2 unspecified atom stereocenters. The molecule has 0 bridgehead atoms. The summed E-state index contributed by atoms with van der Waals surface area (Å²) < 4.78 is 11.2. The molecule has 0 spiro atoms. The van der Waals surface area contributed by atoms with Gasteiger partial charge in [0, 0.05) is 5.56 Å². The van der Waals surface area contributed by atoms with Crippen LogP contribution in [-0.4, -0.2) is 23.3 Å². The second-order valence-electron chi connectivity index (χ2n) is 5.72. The van der Waals surface area contributed by atoms with E-state index in [1.54, 1.807) is 0 Å². The van der Waals surface area contributed by atoms with Crippen molar-refractivity contribution in [1.82, 2.24) is 15.5 Å². The van der Waals surface area contributed by atoms with Crippen molar-refractivity contribution >= 4 is 0 Å². The molecule has 3 heterocycles. The Bertz CT molecular complexity index is 632. The Morgan fingerprint density at radius 2 is 2.25 bits per heavy atom. The normalized spacial score (nSPS) is 28.4. The third-order valence-corrected chi connectivity index (χ3v) is 4.29. The molecule has 0 amide bonds. The summed E-state index contributed by atoms with van der Waals surface area (Å²) in [5, 5.41) is 7.63. The Balaban J connectivity index is 1.66. The molecule has 1 N–H and O–H groups in total.